The number of nitrogens with one attached hydrogen (secondary N) is 7. The van der Waals surface area contributed by atoms with Crippen LogP contribution in [-0.2, 0) is 71.4 Å². The Morgan fingerprint density at radius 3 is 2.04 bits per heavy atom. The molecule has 5 rings (SSSR count). The van der Waals surface area contributed by atoms with E-state index >= 15 is 0 Å². The Hall–Kier alpha value is -7.53. The number of hydrogen-bond donors (Lipinski definition) is 9. The van der Waals surface area contributed by atoms with Gasteiger partial charge >= 0.3 is 12.1 Å². The van der Waals surface area contributed by atoms with Gasteiger partial charge in [0.1, 0.15) is 6.10 Å². The van der Waals surface area contributed by atoms with Gasteiger partial charge in [0.25, 0.3) is 11.6 Å². The third-order valence-electron chi connectivity index (χ3n) is 17.1. The molecule has 570 valence electrons. The number of unbranched alkanes of at least 4 members (excludes halogenated alkanes) is 1. The van der Waals surface area contributed by atoms with Crippen molar-refractivity contribution in [2.45, 2.75) is 153 Å². The van der Waals surface area contributed by atoms with Crippen LogP contribution in [0.25, 0.3) is 0 Å². The van der Waals surface area contributed by atoms with Crippen molar-refractivity contribution in [3.8, 4) is 11.5 Å². The molecule has 1 aromatic rings. The second-order valence-electron chi connectivity index (χ2n) is 25.1. The first-order valence-electron chi connectivity index (χ1n) is 34.8. The van der Waals surface area contributed by atoms with Gasteiger partial charge in [-0.1, -0.05) is 44.6 Å². The molecule has 1 aliphatic carbocycles. The van der Waals surface area contributed by atoms with Crippen LogP contribution < -0.4 is 52.4 Å². The van der Waals surface area contributed by atoms with E-state index in [0.717, 1.165) is 31.1 Å². The molecule has 0 radical (unpaired) electrons. The Morgan fingerprint density at radius 1 is 0.755 bits per heavy atom. The molecule has 7 amide bonds. The third kappa shape index (κ3) is 30.0. The van der Waals surface area contributed by atoms with E-state index in [1.807, 2.05) is 18.7 Å². The molecule has 4 aliphatic rings. The highest BCUT2D eigenvalue weighted by Gasteiger charge is 2.43. The van der Waals surface area contributed by atoms with Crippen molar-refractivity contribution < 1.29 is 100 Å². The van der Waals surface area contributed by atoms with Crippen LogP contribution in [0.5, 0.6) is 11.5 Å². The molecule has 0 saturated carbocycles. The lowest BCUT2D eigenvalue weighted by Crippen LogP contribution is -2.38. The molecule has 1 unspecified atom stereocenters. The minimum absolute atomic E-state index is 0.00156. The lowest BCUT2D eigenvalue weighted by molar-refractivity contribution is -0.385. The summed E-state index contributed by atoms with van der Waals surface area (Å²) in [5, 5.41) is 44.2. The number of Topliss-reactive ketones (excluding diaryl/α,β-unsaturated/α-hetero) is 1. The third-order valence-corrected chi connectivity index (χ3v) is 18.6. The number of nitrogens with zero attached hydrogens (tertiary/aromatic N) is 1. The Balaban J connectivity index is 0.897. The number of carbonyl (C=O) groups excluding carboxylic acids is 8. The standard InChI is InChI=1S/C70H107N9O22S/c1-44-37-50-63(54(80)41-51(66(50)85)76-68(86)45(2)15-11-16-55(91-6)67(101-69(71)87)47(4)39-46(3)65(84)58(38-44)93-8)74-22-14-25-95-30-29-94-24-13-21-72-61(82)19-12-26-100-57-42-53(79(89)90)49(40-56(57)92-7)48(5)75-62(83)20-27-96-31-33-98-35-36-99-34-32-97-28-23-73-60(81)18-10-9-17-59-64-52(43-102-59)77-70(88)78-64/h11,15-16,39-42,44,46,48,52,55,58-59,64-65,67,74,84H,9-10,12-14,17-38,43H2,1-8H3,(H2,71,87)(H,72,82)(H,73,81)(H,75,83)(H,76,86)(H2,77,78,88)/b16-11-,45-15+,47-39+/t44-,46+,48?,52-,55+,58+,59-,64-,65-,67+/m0/s1. The van der Waals surface area contributed by atoms with Gasteiger partial charge in [0.2, 0.25) is 29.3 Å². The fourth-order valence-electron chi connectivity index (χ4n) is 11.7. The van der Waals surface area contributed by atoms with Crippen LogP contribution in [0.1, 0.15) is 117 Å². The number of carbonyl (C=O) groups is 8. The zero-order chi connectivity index (χ0) is 74.3. The average Bonchev–Trinajstić information content (AvgIpc) is 0.874. The Bertz CT molecular complexity index is 3070. The van der Waals surface area contributed by atoms with Crippen LogP contribution in [0.2, 0.25) is 0 Å². The second-order valence-corrected chi connectivity index (χ2v) is 26.4. The normalized spacial score (nSPS) is 23.4. The molecule has 1 aromatic carbocycles. The monoisotopic (exact) mass is 1460 g/mol. The highest BCUT2D eigenvalue weighted by Crippen LogP contribution is 2.38. The zero-order valence-corrected chi connectivity index (χ0v) is 60.9. The predicted molar refractivity (Wildman–Crippen MR) is 377 cm³/mol. The first-order valence-corrected chi connectivity index (χ1v) is 35.9. The highest BCUT2D eigenvalue weighted by atomic mass is 32.2. The molecule has 2 bridgehead atoms. The number of urea groups is 1. The molecule has 3 heterocycles. The number of benzene rings is 1. The maximum absolute atomic E-state index is 14.1. The summed E-state index contributed by atoms with van der Waals surface area (Å²) in [6.07, 6.45) is 7.77. The van der Waals surface area contributed by atoms with E-state index in [-0.39, 0.29) is 159 Å². The number of allylic oxidation sites excluding steroid dienone is 4. The van der Waals surface area contributed by atoms with Crippen LogP contribution in [0.4, 0.5) is 15.3 Å². The molecule has 31 nitrogen and oxygen atoms in total. The molecule has 0 aromatic heterocycles. The number of fused-ring (bicyclic) bond motifs is 3. The lowest BCUT2D eigenvalue weighted by atomic mass is 9.85. The number of methoxy groups -OCH3 is 3. The van der Waals surface area contributed by atoms with Gasteiger partial charge in [-0.25, -0.2) is 9.59 Å². The van der Waals surface area contributed by atoms with E-state index in [9.17, 15) is 53.6 Å². The molecule has 102 heavy (non-hydrogen) atoms. The number of rotatable bonds is 44. The number of nitrogens with two attached hydrogens (primary N) is 1. The van der Waals surface area contributed by atoms with Gasteiger partial charge in [0.05, 0.1) is 138 Å². The summed E-state index contributed by atoms with van der Waals surface area (Å²) in [5.74, 6) is -1.85. The van der Waals surface area contributed by atoms with E-state index in [2.05, 4.69) is 37.2 Å². The summed E-state index contributed by atoms with van der Waals surface area (Å²) in [6, 6.07) is 2.20. The van der Waals surface area contributed by atoms with Gasteiger partial charge in [-0.15, -0.1) is 0 Å². The second kappa shape index (κ2) is 47.0. The predicted octanol–water partition coefficient (Wildman–Crippen LogP) is 4.53. The van der Waals surface area contributed by atoms with Crippen molar-refractivity contribution in [3.63, 3.8) is 0 Å². The molecule has 2 fully saturated rings. The largest absolute Gasteiger partial charge is 0.493 e. The van der Waals surface area contributed by atoms with Gasteiger partial charge in [-0.3, -0.25) is 38.9 Å². The van der Waals surface area contributed by atoms with E-state index in [1.165, 1.54) is 52.5 Å². The number of ketones is 2. The van der Waals surface area contributed by atoms with Crippen LogP contribution in [0.3, 0.4) is 0 Å². The van der Waals surface area contributed by atoms with Crippen molar-refractivity contribution >= 4 is 64.8 Å². The van der Waals surface area contributed by atoms with Crippen LogP contribution in [0, 0.1) is 22.0 Å². The molecule has 10 atom stereocenters. The first kappa shape index (κ1) is 85.1. The number of nitro groups is 1. The Labute approximate surface area is 601 Å². The topological polar surface area (TPSA) is 412 Å². The zero-order valence-electron chi connectivity index (χ0n) is 60.1. The summed E-state index contributed by atoms with van der Waals surface area (Å²) in [7, 11) is 4.27. The first-order chi connectivity index (χ1) is 49.0. The maximum Gasteiger partial charge on any atom is 0.405 e. The number of aliphatic hydroxyl groups excluding tert-OH is 1. The maximum atomic E-state index is 14.1. The quantitative estimate of drug-likeness (QED) is 0.0108. The number of hydrogen-bond acceptors (Lipinski definition) is 24. The van der Waals surface area contributed by atoms with Crippen molar-refractivity contribution in [2.75, 3.05) is 133 Å². The van der Waals surface area contributed by atoms with Crippen LogP contribution in [-0.4, -0.2) is 232 Å². The summed E-state index contributed by atoms with van der Waals surface area (Å²) in [6.45, 7) is 13.2. The molecule has 3 aliphatic heterocycles. The number of aliphatic hydroxyl groups is 1. The minimum Gasteiger partial charge on any atom is -0.493 e. The fraction of sp³-hybridized carbons (Fsp3) is 0.657. The van der Waals surface area contributed by atoms with Gasteiger partial charge in [-0.05, 0) is 83.3 Å². The van der Waals surface area contributed by atoms with Gasteiger partial charge in [0, 0.05) is 100 Å². The molecule has 2 saturated heterocycles. The summed E-state index contributed by atoms with van der Waals surface area (Å²) in [5.41, 5.74) is 6.16. The van der Waals surface area contributed by atoms with Crippen LogP contribution in [0.15, 0.2) is 70.6 Å². The Morgan fingerprint density at radius 2 is 1.39 bits per heavy atom. The SMILES string of the molecule is COc1cc(C(C)NC(=O)CCOCCOCCOCCOCCNC(=O)CCCC[C@@H]2SC[C@@H]3NC(=O)N[C@@H]32)c([N+](=O)[O-])cc1OCCCC(=O)NCCCOCCOCCCNC1=C2C[C@H](C)C[C@@H](OC)[C@@H](O)[C@H](C)/C=C(\C)[C@@H](OC(N)=O)[C@H](OC)/C=C\C=C(/C)C(=O)NC(=CC1=O)C2=O. The summed E-state index contributed by atoms with van der Waals surface area (Å²) < 4.78 is 61.7. The van der Waals surface area contributed by atoms with E-state index in [0.29, 0.717) is 95.8 Å². The highest BCUT2D eigenvalue weighted by molar-refractivity contribution is 8.00. The number of nitro benzene ring substituents is 1. The number of primary amides is 1. The van der Waals surface area contributed by atoms with Gasteiger partial charge < -0.3 is 100 Å². The summed E-state index contributed by atoms with van der Waals surface area (Å²) >= 11 is 1.87. The molecular weight excluding hydrogens is 1350 g/mol. The van der Waals surface area contributed by atoms with Crippen molar-refractivity contribution in [1.82, 2.24) is 37.2 Å². The fourth-order valence-corrected chi connectivity index (χ4v) is 13.2. The van der Waals surface area contributed by atoms with E-state index in [1.54, 1.807) is 32.9 Å². The Kier molecular flexibility index (Phi) is 39.2. The van der Waals surface area contributed by atoms with Gasteiger partial charge in [0.15, 0.2) is 17.6 Å². The smallest absolute Gasteiger partial charge is 0.405 e. The lowest BCUT2D eigenvalue weighted by Gasteiger charge is -2.30. The van der Waals surface area contributed by atoms with Crippen molar-refractivity contribution in [1.29, 1.82) is 0 Å². The van der Waals surface area contributed by atoms with Crippen molar-refractivity contribution in [3.05, 3.63) is 86.3 Å². The molecule has 10 N–H and O–H groups in total. The minimum atomic E-state index is -1.04. The van der Waals surface area contributed by atoms with Crippen molar-refractivity contribution in [2.24, 2.45) is 17.6 Å². The summed E-state index contributed by atoms with van der Waals surface area (Å²) in [4.78, 5) is 114. The van der Waals surface area contributed by atoms with E-state index < -0.39 is 64.9 Å². The molecule has 0 spiro atoms. The molecular formula is C70H107N9O22S. The van der Waals surface area contributed by atoms with Gasteiger partial charge in [-0.2, -0.15) is 11.8 Å². The van der Waals surface area contributed by atoms with Crippen LogP contribution >= 0.6 is 11.8 Å². The number of thioether (sulfide) groups is 1. The molecule has 32 heteroatoms. The number of amides is 7. The number of ether oxygens (including phenoxy) is 11. The average molecular weight is 1460 g/mol. The van der Waals surface area contributed by atoms with E-state index in [4.69, 9.17) is 57.8 Å².